The van der Waals surface area contributed by atoms with Crippen LogP contribution in [0.1, 0.15) is 5.56 Å². The van der Waals surface area contributed by atoms with Crippen LogP contribution in [0.4, 0.5) is 0 Å². The Balaban J connectivity index is 0.000000278. The molecule has 0 aliphatic rings. The standard InChI is InChI=1S/C18H15P.C7H7.Au/c1-4-10-16(11-5-1)19(17-12-6-2-7-13-17)18-14-8-3-9-15-18;1-7-5-3-2-4-6-7;/h1-15H;3-6H,1H3;/q;-1;+1. The van der Waals surface area contributed by atoms with Gasteiger partial charge in [0.1, 0.15) is 0 Å². The van der Waals surface area contributed by atoms with Crippen LogP contribution in [-0.2, 0) is 22.4 Å². The largest absolute Gasteiger partial charge is 1.00 e. The van der Waals surface area contributed by atoms with E-state index < -0.39 is 7.92 Å². The molecule has 4 rings (SSSR count). The molecule has 0 unspecified atom stereocenters. The minimum Gasteiger partial charge on any atom is -0.184 e. The quantitative estimate of drug-likeness (QED) is 0.186. The van der Waals surface area contributed by atoms with E-state index in [1.807, 2.05) is 24.3 Å². The van der Waals surface area contributed by atoms with Crippen LogP contribution in [0.2, 0.25) is 0 Å². The minimum absolute atomic E-state index is 0. The van der Waals surface area contributed by atoms with Gasteiger partial charge >= 0.3 is 22.4 Å². The van der Waals surface area contributed by atoms with Crippen molar-refractivity contribution >= 4 is 23.8 Å². The van der Waals surface area contributed by atoms with Gasteiger partial charge in [0.15, 0.2) is 0 Å². The molecule has 0 amide bonds. The molecule has 0 bridgehead atoms. The molecule has 0 heterocycles. The molecular formula is C25H22AuP. The summed E-state index contributed by atoms with van der Waals surface area (Å²) in [6.45, 7) is 2.06. The second kappa shape index (κ2) is 11.7. The summed E-state index contributed by atoms with van der Waals surface area (Å²) in [6, 6.07) is 43.1. The van der Waals surface area contributed by atoms with E-state index in [2.05, 4.69) is 104 Å². The van der Waals surface area contributed by atoms with Crippen LogP contribution in [-0.4, -0.2) is 0 Å². The van der Waals surface area contributed by atoms with E-state index in [0.717, 1.165) is 0 Å². The van der Waals surface area contributed by atoms with Crippen LogP contribution < -0.4 is 15.9 Å². The predicted octanol–water partition coefficient (Wildman–Crippen LogP) is 5.24. The number of hydrogen-bond acceptors (Lipinski definition) is 0. The summed E-state index contributed by atoms with van der Waals surface area (Å²) in [5.41, 5.74) is 1.29. The van der Waals surface area contributed by atoms with Gasteiger partial charge in [-0.05, 0) is 23.8 Å². The third kappa shape index (κ3) is 6.61. The Morgan fingerprint density at radius 3 is 1.11 bits per heavy atom. The van der Waals surface area contributed by atoms with Gasteiger partial charge in [0, 0.05) is 0 Å². The van der Waals surface area contributed by atoms with Gasteiger partial charge in [0.05, 0.1) is 0 Å². The van der Waals surface area contributed by atoms with Crippen LogP contribution in [0, 0.1) is 13.0 Å². The van der Waals surface area contributed by atoms with Crippen LogP contribution in [0.25, 0.3) is 0 Å². The summed E-state index contributed by atoms with van der Waals surface area (Å²) < 4.78 is 0. The summed E-state index contributed by atoms with van der Waals surface area (Å²) in [6.07, 6.45) is 0. The average Bonchev–Trinajstić information content (AvgIpc) is 2.72. The molecule has 138 valence electrons. The van der Waals surface area contributed by atoms with Gasteiger partial charge in [0.25, 0.3) is 0 Å². The van der Waals surface area contributed by atoms with E-state index in [1.54, 1.807) is 0 Å². The molecule has 0 saturated carbocycles. The van der Waals surface area contributed by atoms with E-state index in [-0.39, 0.29) is 22.4 Å². The van der Waals surface area contributed by atoms with Crippen molar-refractivity contribution in [2.24, 2.45) is 0 Å². The molecule has 0 aromatic heterocycles. The van der Waals surface area contributed by atoms with E-state index in [4.69, 9.17) is 0 Å². The molecule has 0 saturated heterocycles. The number of rotatable bonds is 3. The first kappa shape index (κ1) is 21.4. The van der Waals surface area contributed by atoms with Crippen LogP contribution >= 0.6 is 7.92 Å². The van der Waals surface area contributed by atoms with Crippen molar-refractivity contribution in [3.8, 4) is 0 Å². The first-order valence-corrected chi connectivity index (χ1v) is 10.1. The summed E-state index contributed by atoms with van der Waals surface area (Å²) in [7, 11) is -0.446. The monoisotopic (exact) mass is 550 g/mol. The Kier molecular flexibility index (Phi) is 9.25. The Labute approximate surface area is 179 Å². The van der Waals surface area contributed by atoms with Gasteiger partial charge in [-0.3, -0.25) is 0 Å². The smallest absolute Gasteiger partial charge is 0.184 e. The van der Waals surface area contributed by atoms with Crippen molar-refractivity contribution in [1.29, 1.82) is 0 Å². The fraction of sp³-hybridized carbons (Fsp3) is 0.0400. The SMILES string of the molecule is Cc1cc[c-]cc1.[Au+].c1ccc(P(c2ccccc2)c2ccccc2)cc1. The first-order chi connectivity index (χ1) is 12.8. The maximum Gasteiger partial charge on any atom is 1.00 e. The van der Waals surface area contributed by atoms with Crippen molar-refractivity contribution in [3.05, 3.63) is 127 Å². The second-order valence-electron chi connectivity index (χ2n) is 5.92. The Hall–Kier alpha value is -1.95. The van der Waals surface area contributed by atoms with Gasteiger partial charge in [-0.25, -0.2) is 0 Å². The summed E-state index contributed by atoms with van der Waals surface area (Å²) in [5.74, 6) is 0. The Morgan fingerprint density at radius 1 is 0.519 bits per heavy atom. The molecule has 0 aliphatic heterocycles. The molecule has 2 heteroatoms. The zero-order chi connectivity index (χ0) is 18.0. The molecule has 0 fully saturated rings. The number of hydrogen-bond donors (Lipinski definition) is 0. The fourth-order valence-electron chi connectivity index (χ4n) is 2.65. The van der Waals surface area contributed by atoms with Crippen LogP contribution in [0.15, 0.2) is 115 Å². The molecule has 0 N–H and O–H groups in total. The van der Waals surface area contributed by atoms with Crippen molar-refractivity contribution in [3.63, 3.8) is 0 Å². The molecule has 0 nitrogen and oxygen atoms in total. The fourth-order valence-corrected chi connectivity index (χ4v) is 4.95. The normalized spacial score (nSPS) is 9.70. The van der Waals surface area contributed by atoms with Crippen molar-refractivity contribution in [1.82, 2.24) is 0 Å². The predicted molar refractivity (Wildman–Crippen MR) is 115 cm³/mol. The molecular weight excluding hydrogens is 528 g/mol. The van der Waals surface area contributed by atoms with E-state index in [1.165, 1.54) is 21.5 Å². The molecule has 4 aromatic rings. The van der Waals surface area contributed by atoms with E-state index in [0.29, 0.717) is 0 Å². The summed E-state index contributed by atoms with van der Waals surface area (Å²) in [4.78, 5) is 0. The maximum atomic E-state index is 2.93. The summed E-state index contributed by atoms with van der Waals surface area (Å²) in [5, 5.41) is 4.19. The van der Waals surface area contributed by atoms with Gasteiger partial charge in [-0.1, -0.05) is 97.9 Å². The van der Waals surface area contributed by atoms with Gasteiger partial charge in [0.2, 0.25) is 0 Å². The first-order valence-electron chi connectivity index (χ1n) is 8.72. The van der Waals surface area contributed by atoms with Gasteiger partial charge in [-0.15, -0.1) is 0 Å². The Morgan fingerprint density at radius 2 is 0.852 bits per heavy atom. The van der Waals surface area contributed by atoms with Crippen LogP contribution in [0.5, 0.6) is 0 Å². The topological polar surface area (TPSA) is 0 Å². The van der Waals surface area contributed by atoms with Crippen molar-refractivity contribution in [2.75, 3.05) is 0 Å². The summed E-state index contributed by atoms with van der Waals surface area (Å²) >= 11 is 0. The zero-order valence-electron chi connectivity index (χ0n) is 15.2. The maximum absolute atomic E-state index is 2.93. The van der Waals surface area contributed by atoms with Crippen molar-refractivity contribution in [2.45, 2.75) is 6.92 Å². The molecule has 0 spiro atoms. The van der Waals surface area contributed by atoms with Crippen LogP contribution in [0.3, 0.4) is 0 Å². The zero-order valence-corrected chi connectivity index (χ0v) is 18.3. The van der Waals surface area contributed by atoms with E-state index >= 15 is 0 Å². The third-order valence-corrected chi connectivity index (χ3v) is 6.37. The third-order valence-electron chi connectivity index (χ3n) is 3.93. The molecule has 0 aliphatic carbocycles. The molecule has 27 heavy (non-hydrogen) atoms. The molecule has 4 aromatic carbocycles. The van der Waals surface area contributed by atoms with Crippen molar-refractivity contribution < 1.29 is 22.4 Å². The number of benzene rings is 4. The molecule has 0 radical (unpaired) electrons. The number of aryl methyl sites for hydroxylation is 1. The van der Waals surface area contributed by atoms with E-state index in [9.17, 15) is 0 Å². The average molecular weight is 550 g/mol. The molecule has 0 atom stereocenters. The van der Waals surface area contributed by atoms with Gasteiger partial charge in [-0.2, -0.15) is 35.9 Å². The van der Waals surface area contributed by atoms with Gasteiger partial charge < -0.3 is 0 Å². The second-order valence-corrected chi connectivity index (χ2v) is 8.14. The minimum atomic E-state index is -0.446. The Bertz CT molecular complexity index is 784.